The molecule has 19 nitrogen and oxygen atoms in total. The smallest absolute Gasteiger partial charge is 0.215 e. The lowest BCUT2D eigenvalue weighted by molar-refractivity contribution is -0.0372. The number of ketones is 2. The average Bonchev–Trinajstić information content (AvgIpc) is 1.75. The van der Waals surface area contributed by atoms with Gasteiger partial charge in [-0.3, -0.25) is 14.6 Å². The molecule has 11 heterocycles. The summed E-state index contributed by atoms with van der Waals surface area (Å²) in [5.41, 5.74) is 15.8. The van der Waals surface area contributed by atoms with E-state index in [2.05, 4.69) is 78.0 Å². The molecule has 8 aromatic rings. The Morgan fingerprint density at radius 1 is 0.544 bits per heavy atom. The van der Waals surface area contributed by atoms with Gasteiger partial charge in [-0.2, -0.15) is 10.2 Å². The van der Waals surface area contributed by atoms with Gasteiger partial charge in [0, 0.05) is 69.2 Å². The van der Waals surface area contributed by atoms with Crippen LogP contribution in [0.2, 0.25) is 0 Å². The lowest BCUT2D eigenvalue weighted by Crippen LogP contribution is -2.42. The van der Waals surface area contributed by atoms with E-state index in [1.807, 2.05) is 77.6 Å². The molecule has 0 amide bonds. The number of ether oxygens (including phenoxy) is 2. The zero-order valence-corrected chi connectivity index (χ0v) is 53.2. The fourth-order valence-electron chi connectivity index (χ4n) is 12.9. The third kappa shape index (κ3) is 13.4. The predicted octanol–water partition coefficient (Wildman–Crippen LogP) is 12.6. The maximum atomic E-state index is 13.3. The van der Waals surface area contributed by atoms with E-state index in [9.17, 15) is 9.59 Å². The van der Waals surface area contributed by atoms with Crippen LogP contribution in [0.3, 0.4) is 0 Å². The van der Waals surface area contributed by atoms with Crippen molar-refractivity contribution in [3.05, 3.63) is 156 Å². The van der Waals surface area contributed by atoms with Crippen LogP contribution in [0.1, 0.15) is 186 Å². The molecule has 19 heteroatoms. The van der Waals surface area contributed by atoms with Crippen molar-refractivity contribution in [2.75, 3.05) is 73.7 Å². The highest BCUT2D eigenvalue weighted by atomic mass is 16.5. The van der Waals surface area contributed by atoms with Gasteiger partial charge < -0.3 is 29.9 Å². The molecular formula is C71H87N15O4. The normalized spacial score (nSPS) is 20.3. The molecule has 5 aromatic heterocycles. The molecular weight excluding hydrogens is 1130 g/mol. The van der Waals surface area contributed by atoms with Crippen LogP contribution in [0.25, 0.3) is 27.9 Å². The van der Waals surface area contributed by atoms with Crippen molar-refractivity contribution in [1.82, 2.24) is 49.5 Å². The van der Waals surface area contributed by atoms with Gasteiger partial charge in [0.15, 0.2) is 29.4 Å². The molecule has 0 bridgehead atoms. The molecule has 470 valence electrons. The average molecular weight is 1210 g/mol. The number of aromatic nitrogens is 10. The number of nitrogens with zero attached hydrogens (tertiary/aromatic N) is 14. The maximum Gasteiger partial charge on any atom is 0.215 e. The Morgan fingerprint density at radius 2 is 0.967 bits per heavy atom. The first kappa shape index (κ1) is 62.1. The van der Waals surface area contributed by atoms with Crippen LogP contribution in [0.5, 0.6) is 0 Å². The van der Waals surface area contributed by atoms with E-state index in [0.29, 0.717) is 63.4 Å². The molecule has 2 unspecified atom stereocenters. The number of carbonyl (C=O) groups excluding carboxylic acids is 2. The van der Waals surface area contributed by atoms with Crippen LogP contribution in [-0.2, 0) is 16.0 Å². The number of aliphatic imine (C=N–C) groups is 1. The molecule has 2 N–H and O–H groups in total. The number of piperidine rings is 3. The van der Waals surface area contributed by atoms with E-state index in [1.165, 1.54) is 25.7 Å². The topological polar surface area (TPSA) is 214 Å². The third-order valence-corrected chi connectivity index (χ3v) is 20.1. The van der Waals surface area contributed by atoms with Crippen molar-refractivity contribution in [3.8, 4) is 0 Å². The largest absolute Gasteiger partial charge is 0.356 e. The maximum absolute atomic E-state index is 13.3. The zero-order valence-electron chi connectivity index (χ0n) is 53.2. The van der Waals surface area contributed by atoms with Crippen LogP contribution in [-0.4, -0.2) is 126 Å². The quantitative estimate of drug-likeness (QED) is 0.100. The van der Waals surface area contributed by atoms with Crippen molar-refractivity contribution in [1.29, 1.82) is 0 Å². The Morgan fingerprint density at radius 3 is 1.42 bits per heavy atom. The van der Waals surface area contributed by atoms with Gasteiger partial charge in [0.2, 0.25) is 11.6 Å². The first-order valence-corrected chi connectivity index (χ1v) is 32.8. The van der Waals surface area contributed by atoms with E-state index in [1.54, 1.807) is 29.2 Å². The van der Waals surface area contributed by atoms with Crippen LogP contribution < -0.4 is 20.4 Å². The van der Waals surface area contributed by atoms with E-state index in [0.717, 1.165) is 168 Å². The molecule has 6 aliphatic rings. The summed E-state index contributed by atoms with van der Waals surface area (Å²) in [5.74, 6) is 2.43. The third-order valence-electron chi connectivity index (χ3n) is 20.1. The van der Waals surface area contributed by atoms with E-state index in [4.69, 9.17) is 50.3 Å². The summed E-state index contributed by atoms with van der Waals surface area (Å²) in [7, 11) is 0. The van der Waals surface area contributed by atoms with E-state index in [-0.39, 0.29) is 29.4 Å². The van der Waals surface area contributed by atoms with Crippen LogP contribution in [0, 0.1) is 16.2 Å². The van der Waals surface area contributed by atoms with Gasteiger partial charge in [0.25, 0.3) is 0 Å². The van der Waals surface area contributed by atoms with Crippen molar-refractivity contribution < 1.29 is 19.1 Å². The summed E-state index contributed by atoms with van der Waals surface area (Å²) < 4.78 is 15.8. The van der Waals surface area contributed by atoms with Crippen molar-refractivity contribution >= 4 is 62.6 Å². The molecule has 2 atom stereocenters. The Bertz CT molecular complexity index is 3650. The standard InChI is InChI=1S/C26H33N5O.C25H31N5O2.C20H23N5O/c1-4-26(3)13-15-30(16-14-26)21-18-27-24-23(19(2)20-10-6-5-7-11-20)29-31(25(24)28-21)22-12-8-9-17-32-22;1-3-25(2)12-14-29(15-13-25)19-17-26-22-21(23(31)18-9-5-4-6-10-18)28-30(24(22)27-19)20-11-7-8-16-32-20;1-20(13-21)7-9-25(10-8-20)16-12-23-17-15(24-16)11-22-18(17)19(26)14-5-3-2-4-6-14/h5-7,10-11,18,22H,2,4,8-9,12-17H2,1,3H3;4-6,9-10,17,20H,3,7-8,11-16H2,1-2H3;2-6,12H,7-11,13,21H2,1H3. The van der Waals surface area contributed by atoms with Gasteiger partial charge in [-0.1, -0.05) is 145 Å². The van der Waals surface area contributed by atoms with Gasteiger partial charge in [0.1, 0.15) is 45.6 Å². The Balaban J connectivity index is 0.000000132. The highest BCUT2D eigenvalue weighted by Gasteiger charge is 2.35. The number of hydrogen-bond acceptors (Lipinski definition) is 17. The molecule has 5 saturated heterocycles. The van der Waals surface area contributed by atoms with Crippen molar-refractivity contribution in [2.24, 2.45) is 27.0 Å². The molecule has 3 aromatic carbocycles. The van der Waals surface area contributed by atoms with Gasteiger partial charge in [-0.05, 0) is 105 Å². The number of fused-ring (bicyclic) bond motifs is 3. The minimum Gasteiger partial charge on any atom is -0.356 e. The molecule has 14 rings (SSSR count). The SMILES string of the molecule is C=C(c1ccccc1)c1nn(C2CCCCO2)c2nc(N3CCC(C)(CC)CC3)cnc12.CC1(CN)CCN(c2cnc3c(n2)CN=C3C(=O)c2ccccc2)CC1.CCC1(C)CCN(c2cnc3c(C(=O)c4ccccc4)nn(C4CCCCO4)c3n2)CC1. The number of benzene rings is 3. The summed E-state index contributed by atoms with van der Waals surface area (Å²) in [6, 6.07) is 28.6. The molecule has 0 radical (unpaired) electrons. The number of anilines is 3. The second-order valence-corrected chi connectivity index (χ2v) is 26.3. The number of carbonyl (C=O) groups is 2. The van der Waals surface area contributed by atoms with Gasteiger partial charge in [0.05, 0.1) is 30.8 Å². The molecule has 0 aliphatic carbocycles. The highest BCUT2D eigenvalue weighted by molar-refractivity contribution is 6.51. The fourth-order valence-corrected chi connectivity index (χ4v) is 12.9. The molecule has 0 saturated carbocycles. The Labute approximate surface area is 528 Å². The second-order valence-electron chi connectivity index (χ2n) is 26.3. The fraction of sp³-hybridized carbons (Fsp3) is 0.479. The molecule has 90 heavy (non-hydrogen) atoms. The lowest BCUT2D eigenvalue weighted by atomic mass is 9.78. The second kappa shape index (κ2) is 27.1. The minimum absolute atomic E-state index is 0.0944. The minimum atomic E-state index is -0.210. The number of rotatable bonds is 14. The predicted molar refractivity (Wildman–Crippen MR) is 354 cm³/mol. The van der Waals surface area contributed by atoms with Crippen LogP contribution in [0.15, 0.2) is 121 Å². The van der Waals surface area contributed by atoms with E-state index >= 15 is 0 Å². The van der Waals surface area contributed by atoms with Crippen LogP contribution in [0.4, 0.5) is 17.5 Å². The molecule has 5 fully saturated rings. The monoisotopic (exact) mass is 1210 g/mol. The Hall–Kier alpha value is -8.13. The first-order chi connectivity index (χ1) is 43.7. The first-order valence-electron chi connectivity index (χ1n) is 32.8. The number of nitrogens with two attached hydrogens (primary N) is 1. The van der Waals surface area contributed by atoms with Gasteiger partial charge >= 0.3 is 0 Å². The van der Waals surface area contributed by atoms with Gasteiger partial charge in [-0.15, -0.1) is 0 Å². The summed E-state index contributed by atoms with van der Waals surface area (Å²) in [6.45, 7) is 24.3. The van der Waals surface area contributed by atoms with Crippen LogP contribution >= 0.6 is 0 Å². The van der Waals surface area contributed by atoms with Gasteiger partial charge in [-0.25, -0.2) is 39.3 Å². The van der Waals surface area contributed by atoms with E-state index < -0.39 is 0 Å². The zero-order chi connectivity index (χ0) is 62.4. The number of hydrogen-bond donors (Lipinski definition) is 1. The van der Waals surface area contributed by atoms with Crippen molar-refractivity contribution in [2.45, 2.75) is 144 Å². The summed E-state index contributed by atoms with van der Waals surface area (Å²) in [4.78, 5) is 66.2. The lowest BCUT2D eigenvalue weighted by Gasteiger charge is -2.39. The highest BCUT2D eigenvalue weighted by Crippen LogP contribution is 2.39. The molecule has 6 aliphatic heterocycles. The summed E-state index contributed by atoms with van der Waals surface area (Å²) in [5, 5.41) is 9.67. The Kier molecular flexibility index (Phi) is 18.7. The summed E-state index contributed by atoms with van der Waals surface area (Å²) >= 11 is 0. The number of Topliss-reactive ketones (excluding diaryl/α,β-unsaturated/α-hetero) is 1. The van der Waals surface area contributed by atoms with Crippen molar-refractivity contribution in [3.63, 3.8) is 0 Å². The molecule has 0 spiro atoms. The summed E-state index contributed by atoms with van der Waals surface area (Å²) in [6.07, 6.45) is 20.5.